The zero-order chi connectivity index (χ0) is 21.4. The van der Waals surface area contributed by atoms with E-state index in [1.165, 1.54) is 0 Å². The van der Waals surface area contributed by atoms with Crippen molar-refractivity contribution in [3.05, 3.63) is 53.9 Å². The summed E-state index contributed by atoms with van der Waals surface area (Å²) in [4.78, 5) is 29.5. The van der Waals surface area contributed by atoms with Crippen molar-refractivity contribution in [3.8, 4) is 5.75 Å². The van der Waals surface area contributed by atoms with Crippen molar-refractivity contribution in [3.63, 3.8) is 0 Å². The quantitative estimate of drug-likeness (QED) is 0.669. The predicted molar refractivity (Wildman–Crippen MR) is 116 cm³/mol. The first-order valence-electron chi connectivity index (χ1n) is 10.2. The molecule has 0 aliphatic carbocycles. The summed E-state index contributed by atoms with van der Waals surface area (Å²) in [5.74, 6) is 1.07. The number of fused-ring (bicyclic) bond motifs is 2. The number of para-hydroxylation sites is 2. The average molecular weight is 406 g/mol. The summed E-state index contributed by atoms with van der Waals surface area (Å²) in [6, 6.07) is 13.0. The zero-order valence-electron chi connectivity index (χ0n) is 17.6. The summed E-state index contributed by atoms with van der Waals surface area (Å²) in [5.41, 5.74) is 2.93. The van der Waals surface area contributed by atoms with E-state index in [0.717, 1.165) is 16.9 Å². The fourth-order valence-corrected chi connectivity index (χ4v) is 3.80. The Morgan fingerprint density at radius 1 is 1.17 bits per heavy atom. The number of carbonyl (C=O) groups excluding carboxylic acids is 2. The molecular weight excluding hydrogens is 380 g/mol. The first-order chi connectivity index (χ1) is 14.3. The monoisotopic (exact) mass is 406 g/mol. The molecular formula is C23H26N4O3. The molecule has 30 heavy (non-hydrogen) atoms. The maximum absolute atomic E-state index is 13.1. The van der Waals surface area contributed by atoms with Crippen LogP contribution in [0.2, 0.25) is 0 Å². The minimum atomic E-state index is -0.269. The van der Waals surface area contributed by atoms with Gasteiger partial charge in [-0.1, -0.05) is 26.0 Å². The van der Waals surface area contributed by atoms with Gasteiger partial charge < -0.3 is 19.9 Å². The van der Waals surface area contributed by atoms with Crippen molar-refractivity contribution in [1.82, 2.24) is 14.9 Å². The number of amides is 2. The van der Waals surface area contributed by atoms with E-state index in [9.17, 15) is 9.59 Å². The van der Waals surface area contributed by atoms with E-state index in [1.54, 1.807) is 18.2 Å². The van der Waals surface area contributed by atoms with Gasteiger partial charge >= 0.3 is 0 Å². The van der Waals surface area contributed by atoms with Gasteiger partial charge in [0.1, 0.15) is 11.6 Å². The molecule has 2 aromatic carbocycles. The second-order valence-corrected chi connectivity index (χ2v) is 8.17. The van der Waals surface area contributed by atoms with Crippen molar-refractivity contribution in [1.29, 1.82) is 0 Å². The van der Waals surface area contributed by atoms with Gasteiger partial charge in [-0.25, -0.2) is 4.98 Å². The molecule has 0 radical (unpaired) electrons. The van der Waals surface area contributed by atoms with Gasteiger partial charge in [0.05, 0.1) is 22.8 Å². The lowest BCUT2D eigenvalue weighted by atomic mass is 10.0. The molecule has 7 nitrogen and oxygen atoms in total. The minimum absolute atomic E-state index is 0.0145. The molecule has 2 heterocycles. The third kappa shape index (κ3) is 3.63. The van der Waals surface area contributed by atoms with Gasteiger partial charge in [-0.05, 0) is 50.1 Å². The van der Waals surface area contributed by atoms with Crippen molar-refractivity contribution >= 4 is 28.5 Å². The SMILES string of the molecule is CC(C)C(NC(=O)c1ccc2c(c1)NC(=O)CO2)c1nc2ccccc2n1C(C)C. The van der Waals surface area contributed by atoms with E-state index in [4.69, 9.17) is 9.72 Å². The molecule has 1 aliphatic heterocycles. The first kappa shape index (κ1) is 19.9. The van der Waals surface area contributed by atoms with E-state index in [2.05, 4.69) is 49.0 Å². The molecule has 156 valence electrons. The lowest BCUT2D eigenvalue weighted by molar-refractivity contribution is -0.118. The third-order valence-electron chi connectivity index (χ3n) is 5.25. The number of aromatic nitrogens is 2. The van der Waals surface area contributed by atoms with Crippen LogP contribution in [-0.2, 0) is 4.79 Å². The molecule has 1 unspecified atom stereocenters. The topological polar surface area (TPSA) is 85.2 Å². The van der Waals surface area contributed by atoms with Crippen LogP contribution in [0.15, 0.2) is 42.5 Å². The number of carbonyl (C=O) groups is 2. The number of hydrogen-bond acceptors (Lipinski definition) is 4. The highest BCUT2D eigenvalue weighted by Gasteiger charge is 2.27. The second kappa shape index (κ2) is 7.82. The summed E-state index contributed by atoms with van der Waals surface area (Å²) in [5, 5.41) is 5.89. The second-order valence-electron chi connectivity index (χ2n) is 8.17. The Hall–Kier alpha value is -3.35. The number of benzene rings is 2. The molecule has 0 fully saturated rings. The maximum Gasteiger partial charge on any atom is 0.262 e. The van der Waals surface area contributed by atoms with Crippen LogP contribution in [0.25, 0.3) is 11.0 Å². The smallest absolute Gasteiger partial charge is 0.262 e. The summed E-state index contributed by atoms with van der Waals surface area (Å²) < 4.78 is 7.56. The summed E-state index contributed by atoms with van der Waals surface area (Å²) in [7, 11) is 0. The van der Waals surface area contributed by atoms with Crippen LogP contribution >= 0.6 is 0 Å². The van der Waals surface area contributed by atoms with E-state index in [-0.39, 0.29) is 36.4 Å². The van der Waals surface area contributed by atoms with E-state index in [1.807, 2.05) is 18.2 Å². The van der Waals surface area contributed by atoms with Crippen molar-refractivity contribution < 1.29 is 14.3 Å². The number of ether oxygens (including phenoxy) is 1. The largest absolute Gasteiger partial charge is 0.482 e. The van der Waals surface area contributed by atoms with Crippen molar-refractivity contribution in [2.75, 3.05) is 11.9 Å². The van der Waals surface area contributed by atoms with Crippen LogP contribution in [-0.4, -0.2) is 28.0 Å². The maximum atomic E-state index is 13.1. The normalized spacial score (nSPS) is 14.4. The lowest BCUT2D eigenvalue weighted by Crippen LogP contribution is -2.34. The lowest BCUT2D eigenvalue weighted by Gasteiger charge is -2.25. The van der Waals surface area contributed by atoms with Gasteiger partial charge in [0, 0.05) is 11.6 Å². The fraction of sp³-hybridized carbons (Fsp3) is 0.348. The number of nitrogens with zero attached hydrogens (tertiary/aromatic N) is 2. The van der Waals surface area contributed by atoms with Crippen molar-refractivity contribution in [2.45, 2.75) is 39.8 Å². The van der Waals surface area contributed by atoms with Crippen LogP contribution < -0.4 is 15.4 Å². The molecule has 0 bridgehead atoms. The average Bonchev–Trinajstić information content (AvgIpc) is 3.10. The van der Waals surface area contributed by atoms with Crippen LogP contribution in [0.5, 0.6) is 5.75 Å². The Balaban J connectivity index is 1.68. The Morgan fingerprint density at radius 2 is 1.93 bits per heavy atom. The standard InChI is InChI=1S/C23H26N4O3/c1-13(2)21(22-25-16-7-5-6-8-18(16)27(22)14(3)4)26-23(29)15-9-10-19-17(11-15)24-20(28)12-30-19/h5-11,13-14,21H,12H2,1-4H3,(H,24,28)(H,26,29). The van der Waals surface area contributed by atoms with Crippen LogP contribution in [0.4, 0.5) is 5.69 Å². The highest BCUT2D eigenvalue weighted by Crippen LogP contribution is 2.31. The molecule has 1 aromatic heterocycles. The Kier molecular flexibility index (Phi) is 5.20. The van der Waals surface area contributed by atoms with Gasteiger partial charge in [-0.15, -0.1) is 0 Å². The first-order valence-corrected chi connectivity index (χ1v) is 10.2. The highest BCUT2D eigenvalue weighted by atomic mass is 16.5. The zero-order valence-corrected chi connectivity index (χ0v) is 17.6. The third-order valence-corrected chi connectivity index (χ3v) is 5.25. The van der Waals surface area contributed by atoms with Gasteiger partial charge in [-0.3, -0.25) is 9.59 Å². The Labute approximate surface area is 175 Å². The fourth-order valence-electron chi connectivity index (χ4n) is 3.80. The molecule has 2 N–H and O–H groups in total. The summed E-state index contributed by atoms with van der Waals surface area (Å²) in [6.07, 6.45) is 0. The molecule has 3 aromatic rings. The number of hydrogen-bond donors (Lipinski definition) is 2. The molecule has 0 saturated heterocycles. The van der Waals surface area contributed by atoms with Crippen LogP contribution in [0, 0.1) is 5.92 Å². The van der Waals surface area contributed by atoms with Gasteiger partial charge in [-0.2, -0.15) is 0 Å². The predicted octanol–water partition coefficient (Wildman–Crippen LogP) is 4.08. The minimum Gasteiger partial charge on any atom is -0.482 e. The number of anilines is 1. The summed E-state index contributed by atoms with van der Waals surface area (Å²) >= 11 is 0. The molecule has 1 atom stereocenters. The molecule has 1 aliphatic rings. The molecule has 4 rings (SSSR count). The van der Waals surface area contributed by atoms with Gasteiger partial charge in [0.15, 0.2) is 6.61 Å². The van der Waals surface area contributed by atoms with E-state index >= 15 is 0 Å². The Morgan fingerprint density at radius 3 is 2.67 bits per heavy atom. The van der Waals surface area contributed by atoms with Crippen LogP contribution in [0.3, 0.4) is 0 Å². The van der Waals surface area contributed by atoms with E-state index in [0.29, 0.717) is 17.0 Å². The van der Waals surface area contributed by atoms with Gasteiger partial charge in [0.2, 0.25) is 0 Å². The molecule has 0 spiro atoms. The number of rotatable bonds is 5. The molecule has 0 saturated carbocycles. The summed E-state index contributed by atoms with van der Waals surface area (Å²) in [6.45, 7) is 8.34. The number of nitrogens with one attached hydrogen (secondary N) is 2. The van der Waals surface area contributed by atoms with Crippen LogP contribution in [0.1, 0.15) is 56.0 Å². The number of imidazole rings is 1. The van der Waals surface area contributed by atoms with E-state index < -0.39 is 0 Å². The van der Waals surface area contributed by atoms with Gasteiger partial charge in [0.25, 0.3) is 11.8 Å². The molecule has 2 amide bonds. The molecule has 7 heteroatoms. The Bertz CT molecular complexity index is 1120. The highest BCUT2D eigenvalue weighted by molar-refractivity contribution is 6.00. The van der Waals surface area contributed by atoms with Crippen molar-refractivity contribution in [2.24, 2.45) is 5.92 Å².